The molecular formula is C13H14BrN5O2. The first kappa shape index (κ1) is 13.9. The maximum Gasteiger partial charge on any atom is 0.312 e. The third-order valence-electron chi connectivity index (χ3n) is 3.58. The predicted octanol–water partition coefficient (Wildman–Crippen LogP) is 1.21. The molecule has 2 aromatic rings. The molecule has 8 heteroatoms. The summed E-state index contributed by atoms with van der Waals surface area (Å²) in [7, 11) is 0. The average molecular weight is 352 g/mol. The summed E-state index contributed by atoms with van der Waals surface area (Å²) in [6, 6.07) is 4.76. The lowest BCUT2D eigenvalue weighted by molar-refractivity contribution is 0.0789. The number of fused-ring (bicyclic) bond motifs is 1. The van der Waals surface area contributed by atoms with Crippen LogP contribution < -0.4 is 11.1 Å². The summed E-state index contributed by atoms with van der Waals surface area (Å²) in [4.78, 5) is 25.0. The zero-order valence-electron chi connectivity index (χ0n) is 11.1. The van der Waals surface area contributed by atoms with Gasteiger partial charge in [0.05, 0.1) is 5.52 Å². The molecule has 0 radical (unpaired) electrons. The number of urea groups is 1. The van der Waals surface area contributed by atoms with E-state index >= 15 is 0 Å². The molecule has 1 aliphatic heterocycles. The number of nitrogens with two attached hydrogens (primary N) is 1. The molecule has 0 saturated carbocycles. The second-order valence-corrected chi connectivity index (χ2v) is 5.81. The molecule has 21 heavy (non-hydrogen) atoms. The van der Waals surface area contributed by atoms with E-state index in [-0.39, 0.29) is 11.9 Å². The molecule has 4 N–H and O–H groups in total. The molecule has 1 aliphatic rings. The van der Waals surface area contributed by atoms with Crippen molar-refractivity contribution in [2.24, 2.45) is 5.73 Å². The van der Waals surface area contributed by atoms with E-state index < -0.39 is 6.03 Å². The number of likely N-dealkylation sites (tertiary alicyclic amines) is 1. The monoisotopic (exact) mass is 351 g/mol. The predicted molar refractivity (Wildman–Crippen MR) is 80.8 cm³/mol. The number of rotatable bonds is 2. The topological polar surface area (TPSA) is 104 Å². The molecule has 1 aromatic heterocycles. The number of H-pyrrole nitrogens is 1. The number of nitrogens with zero attached hydrogens (tertiary/aromatic N) is 2. The maximum atomic E-state index is 12.5. The summed E-state index contributed by atoms with van der Waals surface area (Å²) in [5, 5.41) is 10.5. The summed E-state index contributed by atoms with van der Waals surface area (Å²) < 4.78 is 0.795. The van der Waals surface area contributed by atoms with Gasteiger partial charge in [0.25, 0.3) is 5.91 Å². The van der Waals surface area contributed by atoms with Crippen LogP contribution in [0.1, 0.15) is 16.8 Å². The maximum absolute atomic E-state index is 12.5. The number of halogens is 1. The fourth-order valence-electron chi connectivity index (χ4n) is 2.56. The van der Waals surface area contributed by atoms with Gasteiger partial charge < -0.3 is 16.0 Å². The average Bonchev–Trinajstić information content (AvgIpc) is 3.05. The molecule has 0 bridgehead atoms. The zero-order chi connectivity index (χ0) is 15.0. The van der Waals surface area contributed by atoms with E-state index in [0.717, 1.165) is 15.5 Å². The van der Waals surface area contributed by atoms with Gasteiger partial charge in [0.1, 0.15) is 4.60 Å². The number of primary amides is 1. The van der Waals surface area contributed by atoms with Crippen LogP contribution in [0.15, 0.2) is 22.8 Å². The Bertz CT molecular complexity index is 714. The molecule has 1 atom stereocenters. The molecule has 7 nitrogen and oxygen atoms in total. The van der Waals surface area contributed by atoms with Gasteiger partial charge in [-0.25, -0.2) is 4.79 Å². The Morgan fingerprint density at radius 2 is 2.29 bits per heavy atom. The van der Waals surface area contributed by atoms with E-state index in [1.54, 1.807) is 17.0 Å². The van der Waals surface area contributed by atoms with Gasteiger partial charge in [0.15, 0.2) is 0 Å². The summed E-state index contributed by atoms with van der Waals surface area (Å²) in [6.07, 6.45) is 0.713. The van der Waals surface area contributed by atoms with Crippen LogP contribution in [0.25, 0.3) is 10.9 Å². The number of carbonyl (C=O) groups is 2. The van der Waals surface area contributed by atoms with Crippen LogP contribution in [0.2, 0.25) is 0 Å². The van der Waals surface area contributed by atoms with Crippen LogP contribution in [0.3, 0.4) is 0 Å². The van der Waals surface area contributed by atoms with E-state index in [2.05, 4.69) is 31.4 Å². The standard InChI is InChI=1S/C13H14BrN5O2/c14-11-9-2-1-7(5-10(9)17-18-11)12(20)19-4-3-8(6-19)16-13(15)21/h1-2,5,8H,3-4,6H2,(H,17,18)(H3,15,16,21). The molecule has 3 rings (SSSR count). The van der Waals surface area contributed by atoms with Crippen molar-refractivity contribution in [3.05, 3.63) is 28.4 Å². The summed E-state index contributed by atoms with van der Waals surface area (Å²) >= 11 is 3.36. The third kappa shape index (κ3) is 2.71. The fourth-order valence-corrected chi connectivity index (χ4v) is 2.98. The van der Waals surface area contributed by atoms with Gasteiger partial charge in [-0.15, -0.1) is 0 Å². The lowest BCUT2D eigenvalue weighted by Crippen LogP contribution is -2.41. The summed E-state index contributed by atoms with van der Waals surface area (Å²) in [5.74, 6) is -0.0650. The highest BCUT2D eigenvalue weighted by Crippen LogP contribution is 2.23. The quantitative estimate of drug-likeness (QED) is 0.757. The fraction of sp³-hybridized carbons (Fsp3) is 0.308. The van der Waals surface area contributed by atoms with Crippen molar-refractivity contribution in [1.29, 1.82) is 0 Å². The largest absolute Gasteiger partial charge is 0.352 e. The first-order valence-corrected chi connectivity index (χ1v) is 7.33. The molecule has 1 unspecified atom stereocenters. The Morgan fingerprint density at radius 3 is 3.05 bits per heavy atom. The number of amides is 3. The van der Waals surface area contributed by atoms with Gasteiger partial charge >= 0.3 is 6.03 Å². The van der Waals surface area contributed by atoms with Crippen molar-refractivity contribution in [3.8, 4) is 0 Å². The molecule has 110 valence electrons. The number of hydrogen-bond acceptors (Lipinski definition) is 3. The number of nitrogens with one attached hydrogen (secondary N) is 2. The molecule has 1 fully saturated rings. The highest BCUT2D eigenvalue weighted by molar-refractivity contribution is 9.10. The highest BCUT2D eigenvalue weighted by Gasteiger charge is 2.27. The minimum Gasteiger partial charge on any atom is -0.352 e. The van der Waals surface area contributed by atoms with Crippen molar-refractivity contribution >= 4 is 38.8 Å². The van der Waals surface area contributed by atoms with E-state index in [1.807, 2.05) is 6.07 Å². The molecule has 3 amide bonds. The van der Waals surface area contributed by atoms with Crippen LogP contribution in [-0.2, 0) is 0 Å². The summed E-state index contributed by atoms with van der Waals surface area (Å²) in [5.41, 5.74) is 6.42. The molecule has 0 spiro atoms. The van der Waals surface area contributed by atoms with E-state index in [4.69, 9.17) is 5.73 Å². The van der Waals surface area contributed by atoms with Crippen LogP contribution in [0.5, 0.6) is 0 Å². The second kappa shape index (κ2) is 5.36. The Hall–Kier alpha value is -2.09. The van der Waals surface area contributed by atoms with E-state index in [1.165, 1.54) is 0 Å². The Morgan fingerprint density at radius 1 is 1.48 bits per heavy atom. The lowest BCUT2D eigenvalue weighted by atomic mass is 10.1. The Labute approximate surface area is 129 Å². The van der Waals surface area contributed by atoms with Gasteiger partial charge in [0.2, 0.25) is 0 Å². The minimum absolute atomic E-state index is 0.0650. The summed E-state index contributed by atoms with van der Waals surface area (Å²) in [6.45, 7) is 1.08. The number of aromatic nitrogens is 2. The van der Waals surface area contributed by atoms with Gasteiger partial charge in [-0.3, -0.25) is 9.89 Å². The van der Waals surface area contributed by atoms with E-state index in [0.29, 0.717) is 25.1 Å². The van der Waals surface area contributed by atoms with E-state index in [9.17, 15) is 9.59 Å². The van der Waals surface area contributed by atoms with Crippen molar-refractivity contribution in [1.82, 2.24) is 20.4 Å². The zero-order valence-corrected chi connectivity index (χ0v) is 12.7. The minimum atomic E-state index is -0.558. The molecule has 0 aliphatic carbocycles. The van der Waals surface area contributed by atoms with Crippen molar-refractivity contribution in [3.63, 3.8) is 0 Å². The van der Waals surface area contributed by atoms with Crippen LogP contribution in [0, 0.1) is 0 Å². The lowest BCUT2D eigenvalue weighted by Gasteiger charge is -2.16. The SMILES string of the molecule is NC(=O)NC1CCN(C(=O)c2ccc3c(Br)[nH]nc3c2)C1. The van der Waals surface area contributed by atoms with Crippen LogP contribution >= 0.6 is 15.9 Å². The Kier molecular flexibility index (Phi) is 3.54. The first-order valence-electron chi connectivity index (χ1n) is 6.53. The van der Waals surface area contributed by atoms with Crippen LogP contribution in [0.4, 0.5) is 4.79 Å². The van der Waals surface area contributed by atoms with Gasteiger partial charge in [-0.05, 0) is 40.5 Å². The van der Waals surface area contributed by atoms with Crippen molar-refractivity contribution in [2.45, 2.75) is 12.5 Å². The van der Waals surface area contributed by atoms with Crippen molar-refractivity contribution in [2.75, 3.05) is 13.1 Å². The van der Waals surface area contributed by atoms with Crippen LogP contribution in [-0.4, -0.2) is 46.2 Å². The number of aromatic amines is 1. The number of carbonyl (C=O) groups excluding carboxylic acids is 2. The number of hydrogen-bond donors (Lipinski definition) is 3. The van der Waals surface area contributed by atoms with Gasteiger partial charge in [0, 0.05) is 30.1 Å². The first-order chi connectivity index (χ1) is 10.0. The molecule has 2 heterocycles. The smallest absolute Gasteiger partial charge is 0.312 e. The van der Waals surface area contributed by atoms with Gasteiger partial charge in [-0.1, -0.05) is 0 Å². The Balaban J connectivity index is 1.76. The van der Waals surface area contributed by atoms with Crippen molar-refractivity contribution < 1.29 is 9.59 Å². The third-order valence-corrected chi connectivity index (χ3v) is 4.18. The van der Waals surface area contributed by atoms with Gasteiger partial charge in [-0.2, -0.15) is 5.10 Å². The highest BCUT2D eigenvalue weighted by atomic mass is 79.9. The normalized spacial score (nSPS) is 18.1. The number of benzene rings is 1. The molecule has 1 saturated heterocycles. The molecular weight excluding hydrogens is 338 g/mol. The second-order valence-electron chi connectivity index (χ2n) is 5.01. The molecule has 1 aromatic carbocycles.